The second-order valence-corrected chi connectivity index (χ2v) is 5.38. The first-order chi connectivity index (χ1) is 8.50. The van der Waals surface area contributed by atoms with E-state index in [0.29, 0.717) is 15.1 Å². The van der Waals surface area contributed by atoms with E-state index in [1.54, 1.807) is 18.2 Å². The number of hydrogen-bond acceptors (Lipinski definition) is 1. The van der Waals surface area contributed by atoms with Gasteiger partial charge in [-0.1, -0.05) is 41.4 Å². The van der Waals surface area contributed by atoms with Crippen molar-refractivity contribution in [3.8, 4) is 0 Å². The highest BCUT2D eigenvalue weighted by Crippen LogP contribution is 2.34. The number of aliphatic hydroxyl groups is 1. The van der Waals surface area contributed by atoms with Gasteiger partial charge in [0, 0.05) is 20.6 Å². The van der Waals surface area contributed by atoms with Crippen molar-refractivity contribution in [1.82, 2.24) is 0 Å². The van der Waals surface area contributed by atoms with Crippen LogP contribution >= 0.6 is 39.1 Å². The maximum absolute atomic E-state index is 13.7. The third-order valence-corrected chi connectivity index (χ3v) is 4.08. The summed E-state index contributed by atoms with van der Waals surface area (Å²) in [6, 6.07) is 9.24. The van der Waals surface area contributed by atoms with Gasteiger partial charge in [-0.15, -0.1) is 0 Å². The highest BCUT2D eigenvalue weighted by atomic mass is 79.9. The number of rotatable bonds is 2. The van der Waals surface area contributed by atoms with E-state index < -0.39 is 11.9 Å². The number of halogens is 4. The fraction of sp³-hybridized carbons (Fsp3) is 0.0769. The van der Waals surface area contributed by atoms with Crippen molar-refractivity contribution in [2.45, 2.75) is 6.10 Å². The van der Waals surface area contributed by atoms with Crippen LogP contribution in [0, 0.1) is 5.82 Å². The molecule has 2 rings (SSSR count). The summed E-state index contributed by atoms with van der Waals surface area (Å²) in [6.45, 7) is 0. The molecular weight excluding hydrogens is 342 g/mol. The summed E-state index contributed by atoms with van der Waals surface area (Å²) in [5.41, 5.74) is 0.576. The van der Waals surface area contributed by atoms with Gasteiger partial charge in [0.1, 0.15) is 11.9 Å². The van der Waals surface area contributed by atoms with Gasteiger partial charge in [-0.3, -0.25) is 0 Å². The fourth-order valence-electron chi connectivity index (χ4n) is 1.62. The Balaban J connectivity index is 2.48. The van der Waals surface area contributed by atoms with E-state index in [1.165, 1.54) is 12.1 Å². The first-order valence-corrected chi connectivity index (χ1v) is 6.62. The molecule has 2 aromatic rings. The summed E-state index contributed by atoms with van der Waals surface area (Å²) in [4.78, 5) is 0. The third-order valence-electron chi connectivity index (χ3n) is 2.53. The van der Waals surface area contributed by atoms with Crippen LogP contribution in [-0.4, -0.2) is 5.11 Å². The Bertz CT molecular complexity index is 589. The zero-order chi connectivity index (χ0) is 13.3. The van der Waals surface area contributed by atoms with Gasteiger partial charge in [0.2, 0.25) is 0 Å². The zero-order valence-electron chi connectivity index (χ0n) is 9.00. The minimum Gasteiger partial charge on any atom is -0.383 e. The molecule has 0 spiro atoms. The van der Waals surface area contributed by atoms with Crippen LogP contribution in [0.25, 0.3) is 0 Å². The predicted octanol–water partition coefficient (Wildman–Crippen LogP) is 4.98. The summed E-state index contributed by atoms with van der Waals surface area (Å²) in [7, 11) is 0. The van der Waals surface area contributed by atoms with Crippen molar-refractivity contribution in [2.75, 3.05) is 0 Å². The Morgan fingerprint density at radius 2 is 1.83 bits per heavy atom. The van der Waals surface area contributed by atoms with Crippen LogP contribution in [-0.2, 0) is 0 Å². The first-order valence-electron chi connectivity index (χ1n) is 5.07. The molecule has 94 valence electrons. The third kappa shape index (κ3) is 2.69. The molecule has 18 heavy (non-hydrogen) atoms. The van der Waals surface area contributed by atoms with Crippen LogP contribution in [0.3, 0.4) is 0 Å². The van der Waals surface area contributed by atoms with Gasteiger partial charge in [-0.2, -0.15) is 0 Å². The van der Waals surface area contributed by atoms with E-state index in [2.05, 4.69) is 15.9 Å². The molecule has 0 heterocycles. The predicted molar refractivity (Wildman–Crippen MR) is 74.6 cm³/mol. The van der Waals surface area contributed by atoms with Gasteiger partial charge in [0.05, 0.1) is 5.02 Å². The van der Waals surface area contributed by atoms with Gasteiger partial charge in [0.25, 0.3) is 0 Å². The summed E-state index contributed by atoms with van der Waals surface area (Å²) in [5, 5.41) is 10.8. The summed E-state index contributed by atoms with van der Waals surface area (Å²) in [6.07, 6.45) is -1.13. The second kappa shape index (κ2) is 5.57. The zero-order valence-corrected chi connectivity index (χ0v) is 12.1. The maximum Gasteiger partial charge on any atom is 0.130 e. The highest BCUT2D eigenvalue weighted by molar-refractivity contribution is 9.10. The molecule has 0 aromatic heterocycles. The Morgan fingerprint density at radius 1 is 1.11 bits per heavy atom. The molecule has 0 bridgehead atoms. The van der Waals surface area contributed by atoms with Crippen molar-refractivity contribution in [3.05, 3.63) is 67.9 Å². The molecule has 0 aliphatic rings. The van der Waals surface area contributed by atoms with E-state index in [9.17, 15) is 9.50 Å². The minimum atomic E-state index is -1.13. The molecular formula is C13H8BrCl2FO. The van der Waals surface area contributed by atoms with Crippen LogP contribution in [0.2, 0.25) is 10.0 Å². The first kappa shape index (κ1) is 13.8. The van der Waals surface area contributed by atoms with Gasteiger partial charge in [0.15, 0.2) is 0 Å². The van der Waals surface area contributed by atoms with Crippen molar-refractivity contribution in [3.63, 3.8) is 0 Å². The highest BCUT2D eigenvalue weighted by Gasteiger charge is 2.18. The molecule has 0 amide bonds. The maximum atomic E-state index is 13.7. The van der Waals surface area contributed by atoms with E-state index in [-0.39, 0.29) is 10.6 Å². The lowest BCUT2D eigenvalue weighted by Gasteiger charge is -2.14. The van der Waals surface area contributed by atoms with E-state index in [1.807, 2.05) is 0 Å². The smallest absolute Gasteiger partial charge is 0.130 e. The van der Waals surface area contributed by atoms with Crippen LogP contribution in [0.1, 0.15) is 17.2 Å². The normalized spacial score (nSPS) is 12.5. The standard InChI is InChI=1S/C13H8BrCl2FO/c14-10-3-1-2-9(12(10)16)13(18)8-5-4-7(15)6-11(8)17/h1-6,13,18H. The lowest BCUT2D eigenvalue weighted by Crippen LogP contribution is -2.03. The van der Waals surface area contributed by atoms with E-state index in [4.69, 9.17) is 23.2 Å². The molecule has 5 heteroatoms. The number of aliphatic hydroxyl groups excluding tert-OH is 1. The molecule has 0 aliphatic heterocycles. The average molecular weight is 350 g/mol. The Morgan fingerprint density at radius 3 is 2.50 bits per heavy atom. The summed E-state index contributed by atoms with van der Waals surface area (Å²) >= 11 is 15.0. The Kier molecular flexibility index (Phi) is 4.28. The van der Waals surface area contributed by atoms with Crippen LogP contribution in [0.15, 0.2) is 40.9 Å². The Labute approximate surface area is 122 Å². The molecule has 1 atom stereocenters. The molecule has 1 nitrogen and oxygen atoms in total. The summed E-state index contributed by atoms with van der Waals surface area (Å²) in [5.74, 6) is -0.564. The topological polar surface area (TPSA) is 20.2 Å². The fourth-order valence-corrected chi connectivity index (χ4v) is 2.39. The van der Waals surface area contributed by atoms with Gasteiger partial charge >= 0.3 is 0 Å². The molecule has 0 radical (unpaired) electrons. The Hall–Kier alpha value is -0.610. The van der Waals surface area contributed by atoms with Crippen LogP contribution in [0.4, 0.5) is 4.39 Å². The van der Waals surface area contributed by atoms with Gasteiger partial charge in [-0.25, -0.2) is 4.39 Å². The molecule has 0 saturated carbocycles. The van der Waals surface area contributed by atoms with E-state index >= 15 is 0 Å². The van der Waals surface area contributed by atoms with Crippen molar-refractivity contribution in [2.24, 2.45) is 0 Å². The molecule has 1 N–H and O–H groups in total. The van der Waals surface area contributed by atoms with E-state index in [0.717, 1.165) is 6.07 Å². The SMILES string of the molecule is OC(c1ccc(Cl)cc1F)c1cccc(Br)c1Cl. The largest absolute Gasteiger partial charge is 0.383 e. The van der Waals surface area contributed by atoms with Crippen molar-refractivity contribution < 1.29 is 9.50 Å². The summed E-state index contributed by atoms with van der Waals surface area (Å²) < 4.78 is 14.4. The minimum absolute atomic E-state index is 0.138. The van der Waals surface area contributed by atoms with Gasteiger partial charge < -0.3 is 5.11 Å². The van der Waals surface area contributed by atoms with Crippen molar-refractivity contribution >= 4 is 39.1 Å². The van der Waals surface area contributed by atoms with Crippen LogP contribution < -0.4 is 0 Å². The monoisotopic (exact) mass is 348 g/mol. The molecule has 1 unspecified atom stereocenters. The second-order valence-electron chi connectivity index (χ2n) is 3.71. The lowest BCUT2D eigenvalue weighted by molar-refractivity contribution is 0.215. The quantitative estimate of drug-likeness (QED) is 0.810. The van der Waals surface area contributed by atoms with Crippen LogP contribution in [0.5, 0.6) is 0 Å². The number of hydrogen-bond donors (Lipinski definition) is 1. The molecule has 0 fully saturated rings. The molecule has 2 aromatic carbocycles. The molecule has 0 saturated heterocycles. The van der Waals surface area contributed by atoms with Crippen molar-refractivity contribution in [1.29, 1.82) is 0 Å². The molecule has 0 aliphatic carbocycles. The lowest BCUT2D eigenvalue weighted by atomic mass is 10.0. The van der Waals surface area contributed by atoms with Gasteiger partial charge in [-0.05, 0) is 34.1 Å². The average Bonchev–Trinajstić information content (AvgIpc) is 2.32. The number of benzene rings is 2.